The molecule has 0 aromatic heterocycles. The predicted molar refractivity (Wildman–Crippen MR) is 88.9 cm³/mol. The number of carbonyl (C=O) groups excluding carboxylic acids is 2. The van der Waals surface area contributed by atoms with Crippen LogP contribution in [0.15, 0.2) is 54.6 Å². The number of benzene rings is 2. The van der Waals surface area contributed by atoms with Crippen LogP contribution in [0.5, 0.6) is 0 Å². The van der Waals surface area contributed by atoms with Gasteiger partial charge in [-0.25, -0.2) is 4.39 Å². The van der Waals surface area contributed by atoms with E-state index in [1.54, 1.807) is 4.90 Å². The number of anilines is 2. The lowest BCUT2D eigenvalue weighted by Gasteiger charge is -2.26. The molecule has 23 heavy (non-hydrogen) atoms. The molecule has 0 spiro atoms. The summed E-state index contributed by atoms with van der Waals surface area (Å²) in [6, 6.07) is 14.8. The quantitative estimate of drug-likeness (QED) is 0.850. The summed E-state index contributed by atoms with van der Waals surface area (Å²) in [6.45, 7) is 3.66. The summed E-state index contributed by atoms with van der Waals surface area (Å²) in [4.78, 5) is 27.4. The fraction of sp³-hybridized carbons (Fsp3) is 0.222. The zero-order chi connectivity index (χ0) is 16.8. The number of likely N-dealkylation sites (N-methyl/N-ethyl adjacent to an activating group) is 1. The molecular formula is C18H19FN2O2. The molecule has 0 radical (unpaired) electrons. The summed E-state index contributed by atoms with van der Waals surface area (Å²) in [5.74, 6) is -0.852. The maximum absolute atomic E-state index is 13.0. The first-order valence-corrected chi connectivity index (χ1v) is 7.42. The maximum Gasteiger partial charge on any atom is 0.247 e. The fourth-order valence-electron chi connectivity index (χ4n) is 2.34. The molecule has 2 amide bonds. The zero-order valence-corrected chi connectivity index (χ0v) is 13.2. The monoisotopic (exact) mass is 314 g/mol. The summed E-state index contributed by atoms with van der Waals surface area (Å²) >= 11 is 0. The molecule has 5 heteroatoms. The molecule has 2 aromatic rings. The first-order valence-electron chi connectivity index (χ1n) is 7.42. The van der Waals surface area contributed by atoms with Crippen molar-refractivity contribution in [2.45, 2.75) is 13.8 Å². The van der Waals surface area contributed by atoms with E-state index in [-0.39, 0.29) is 24.2 Å². The molecular weight excluding hydrogens is 295 g/mol. The van der Waals surface area contributed by atoms with Gasteiger partial charge < -0.3 is 9.80 Å². The summed E-state index contributed by atoms with van der Waals surface area (Å²) in [5, 5.41) is 0. The molecule has 0 fully saturated rings. The third-order valence-electron chi connectivity index (χ3n) is 3.50. The minimum Gasteiger partial charge on any atom is -0.311 e. The van der Waals surface area contributed by atoms with E-state index in [4.69, 9.17) is 0 Å². The van der Waals surface area contributed by atoms with E-state index in [1.165, 1.54) is 36.1 Å². The van der Waals surface area contributed by atoms with Crippen LogP contribution in [0.3, 0.4) is 0 Å². The standard InChI is InChI=1S/C18H19FN2O2/c1-3-20(16-7-5-4-6-8-16)18(23)13-21(14(2)22)17-11-9-15(19)10-12-17/h4-12H,3,13H2,1-2H3. The number of hydrogen-bond donors (Lipinski definition) is 0. The van der Waals surface area contributed by atoms with E-state index in [0.717, 1.165) is 5.69 Å². The summed E-state index contributed by atoms with van der Waals surface area (Å²) in [5.41, 5.74) is 1.28. The van der Waals surface area contributed by atoms with Crippen LogP contribution in [0, 0.1) is 5.82 Å². The lowest BCUT2D eigenvalue weighted by atomic mass is 10.2. The minimum atomic E-state index is -0.386. The van der Waals surface area contributed by atoms with Gasteiger partial charge in [0.15, 0.2) is 0 Å². The fourth-order valence-corrected chi connectivity index (χ4v) is 2.34. The van der Waals surface area contributed by atoms with Crippen LogP contribution in [0.1, 0.15) is 13.8 Å². The average molecular weight is 314 g/mol. The Kier molecular flexibility index (Phi) is 5.46. The van der Waals surface area contributed by atoms with Crippen molar-refractivity contribution in [3.63, 3.8) is 0 Å². The van der Waals surface area contributed by atoms with Gasteiger partial charge in [-0.3, -0.25) is 9.59 Å². The smallest absolute Gasteiger partial charge is 0.247 e. The second-order valence-electron chi connectivity index (χ2n) is 5.06. The van der Waals surface area contributed by atoms with Crippen molar-refractivity contribution in [3.05, 3.63) is 60.4 Å². The van der Waals surface area contributed by atoms with Crippen molar-refractivity contribution in [3.8, 4) is 0 Å². The van der Waals surface area contributed by atoms with Gasteiger partial charge in [0.05, 0.1) is 0 Å². The Hall–Kier alpha value is -2.69. The highest BCUT2D eigenvalue weighted by atomic mass is 19.1. The Balaban J connectivity index is 2.20. The molecule has 0 aliphatic rings. The minimum absolute atomic E-state index is 0.0936. The SMILES string of the molecule is CCN(C(=O)CN(C(C)=O)c1ccc(F)cc1)c1ccccc1. The lowest BCUT2D eigenvalue weighted by molar-refractivity contribution is -0.121. The van der Waals surface area contributed by atoms with Crippen LogP contribution in [0.2, 0.25) is 0 Å². The molecule has 2 rings (SSSR count). The van der Waals surface area contributed by atoms with Crippen LogP contribution in [0.4, 0.5) is 15.8 Å². The topological polar surface area (TPSA) is 40.6 Å². The average Bonchev–Trinajstić information content (AvgIpc) is 2.55. The van der Waals surface area contributed by atoms with Gasteiger partial charge in [-0.05, 0) is 43.3 Å². The Morgan fingerprint density at radius 2 is 1.48 bits per heavy atom. The number of nitrogens with zero attached hydrogens (tertiary/aromatic N) is 2. The van der Waals surface area contributed by atoms with E-state index in [2.05, 4.69) is 0 Å². The van der Waals surface area contributed by atoms with Gasteiger partial charge >= 0.3 is 0 Å². The molecule has 0 bridgehead atoms. The Labute approximate surface area is 135 Å². The normalized spacial score (nSPS) is 10.2. The van der Waals surface area contributed by atoms with Gasteiger partial charge in [0.2, 0.25) is 11.8 Å². The summed E-state index contributed by atoms with van der Waals surface area (Å²) < 4.78 is 13.0. The number of amides is 2. The third-order valence-corrected chi connectivity index (χ3v) is 3.50. The zero-order valence-electron chi connectivity index (χ0n) is 13.2. The van der Waals surface area contributed by atoms with E-state index in [9.17, 15) is 14.0 Å². The van der Waals surface area contributed by atoms with Gasteiger partial charge in [-0.2, -0.15) is 0 Å². The van der Waals surface area contributed by atoms with Gasteiger partial charge in [0.1, 0.15) is 12.4 Å². The van der Waals surface area contributed by atoms with Gasteiger partial charge in [-0.1, -0.05) is 18.2 Å². The Bertz CT molecular complexity index is 671. The summed E-state index contributed by atoms with van der Waals surface area (Å²) in [6.07, 6.45) is 0. The first kappa shape index (κ1) is 16.7. The van der Waals surface area contributed by atoms with Gasteiger partial charge in [-0.15, -0.1) is 0 Å². The largest absolute Gasteiger partial charge is 0.311 e. The highest BCUT2D eigenvalue weighted by molar-refractivity contribution is 6.02. The lowest BCUT2D eigenvalue weighted by Crippen LogP contribution is -2.42. The number of rotatable bonds is 5. The number of carbonyl (C=O) groups is 2. The van der Waals surface area contributed by atoms with Gasteiger partial charge in [0, 0.05) is 24.8 Å². The Morgan fingerprint density at radius 1 is 0.913 bits per heavy atom. The van der Waals surface area contributed by atoms with E-state index < -0.39 is 0 Å². The van der Waals surface area contributed by atoms with Crippen molar-refractivity contribution < 1.29 is 14.0 Å². The van der Waals surface area contributed by atoms with Gasteiger partial charge in [0.25, 0.3) is 0 Å². The maximum atomic E-state index is 13.0. The van der Waals surface area contributed by atoms with Crippen molar-refractivity contribution in [2.24, 2.45) is 0 Å². The van der Waals surface area contributed by atoms with Crippen LogP contribution >= 0.6 is 0 Å². The molecule has 0 heterocycles. The molecule has 120 valence electrons. The molecule has 0 aliphatic heterocycles. The highest BCUT2D eigenvalue weighted by Gasteiger charge is 2.20. The molecule has 0 unspecified atom stereocenters. The Morgan fingerprint density at radius 3 is 2.00 bits per heavy atom. The number of halogens is 1. The summed E-state index contributed by atoms with van der Waals surface area (Å²) in [7, 11) is 0. The number of para-hydroxylation sites is 1. The van der Waals surface area contributed by atoms with Crippen LogP contribution in [-0.4, -0.2) is 24.9 Å². The van der Waals surface area contributed by atoms with E-state index in [1.807, 2.05) is 37.3 Å². The second kappa shape index (κ2) is 7.54. The molecule has 0 saturated carbocycles. The molecule has 0 N–H and O–H groups in total. The van der Waals surface area contributed by atoms with Crippen LogP contribution in [-0.2, 0) is 9.59 Å². The number of hydrogen-bond acceptors (Lipinski definition) is 2. The van der Waals surface area contributed by atoms with Crippen molar-refractivity contribution >= 4 is 23.2 Å². The second-order valence-corrected chi connectivity index (χ2v) is 5.06. The highest BCUT2D eigenvalue weighted by Crippen LogP contribution is 2.18. The molecule has 4 nitrogen and oxygen atoms in total. The molecule has 0 atom stereocenters. The molecule has 0 saturated heterocycles. The third kappa shape index (κ3) is 4.16. The molecule has 0 aliphatic carbocycles. The van der Waals surface area contributed by atoms with E-state index >= 15 is 0 Å². The van der Waals surface area contributed by atoms with Crippen molar-refractivity contribution in [2.75, 3.05) is 22.9 Å². The van der Waals surface area contributed by atoms with Crippen LogP contribution < -0.4 is 9.80 Å². The first-order chi connectivity index (χ1) is 11.0. The van der Waals surface area contributed by atoms with Crippen molar-refractivity contribution in [1.29, 1.82) is 0 Å². The van der Waals surface area contributed by atoms with Crippen LogP contribution in [0.25, 0.3) is 0 Å². The van der Waals surface area contributed by atoms with Crippen molar-refractivity contribution in [1.82, 2.24) is 0 Å². The predicted octanol–water partition coefficient (Wildman–Crippen LogP) is 3.23. The van der Waals surface area contributed by atoms with E-state index in [0.29, 0.717) is 12.2 Å². The molecule has 2 aromatic carbocycles.